The second kappa shape index (κ2) is 10.3. The van der Waals surface area contributed by atoms with E-state index in [1.807, 2.05) is 24.3 Å². The van der Waals surface area contributed by atoms with Gasteiger partial charge < -0.3 is 20.1 Å². The smallest absolute Gasteiger partial charge is 0.407 e. The third kappa shape index (κ3) is 5.00. The van der Waals surface area contributed by atoms with Crippen molar-refractivity contribution in [2.24, 2.45) is 5.92 Å². The number of fused-ring (bicyclic) bond motifs is 3. The molecule has 1 saturated heterocycles. The Morgan fingerprint density at radius 2 is 1.76 bits per heavy atom. The topological polar surface area (TPSA) is 95.9 Å². The molecule has 174 valence electrons. The van der Waals surface area contributed by atoms with E-state index in [0.717, 1.165) is 0 Å². The maximum atomic E-state index is 12.6. The molecule has 0 radical (unpaired) electrons. The second-order valence-corrected chi connectivity index (χ2v) is 9.46. The predicted octanol–water partition coefficient (Wildman–Crippen LogP) is 3.93. The van der Waals surface area contributed by atoms with Gasteiger partial charge >= 0.3 is 12.1 Å². The van der Waals surface area contributed by atoms with Gasteiger partial charge in [0.25, 0.3) is 0 Å². The number of carboxylic acids is 1. The molecule has 0 spiro atoms. The first-order valence-electron chi connectivity index (χ1n) is 11.2. The summed E-state index contributed by atoms with van der Waals surface area (Å²) in [6.07, 6.45) is 0.698. The number of nitrogens with zero attached hydrogens (tertiary/aromatic N) is 1. The van der Waals surface area contributed by atoms with Crippen LogP contribution in [0.25, 0.3) is 11.1 Å². The van der Waals surface area contributed by atoms with E-state index in [9.17, 15) is 19.5 Å². The van der Waals surface area contributed by atoms with Gasteiger partial charge in [0, 0.05) is 24.1 Å². The maximum Gasteiger partial charge on any atom is 0.407 e. The average Bonchev–Trinajstić information content (AvgIpc) is 3.43. The van der Waals surface area contributed by atoms with Crippen molar-refractivity contribution in [3.05, 3.63) is 59.7 Å². The summed E-state index contributed by atoms with van der Waals surface area (Å²) in [7, 11) is 0. The fraction of sp³-hybridized carbons (Fsp3) is 0.400. The number of hydrogen-bond acceptors (Lipinski definition) is 5. The highest BCUT2D eigenvalue weighted by atomic mass is 32.2. The summed E-state index contributed by atoms with van der Waals surface area (Å²) >= 11 is 1.45. The van der Waals surface area contributed by atoms with Crippen LogP contribution in [0.3, 0.4) is 0 Å². The molecule has 1 aliphatic heterocycles. The van der Waals surface area contributed by atoms with Crippen molar-refractivity contribution >= 4 is 29.7 Å². The van der Waals surface area contributed by atoms with Gasteiger partial charge in [-0.25, -0.2) is 9.59 Å². The first-order chi connectivity index (χ1) is 16.0. The Kier molecular flexibility index (Phi) is 7.23. The van der Waals surface area contributed by atoms with Crippen molar-refractivity contribution < 1.29 is 24.2 Å². The summed E-state index contributed by atoms with van der Waals surface area (Å²) < 4.78 is 5.52. The Hall–Kier alpha value is -3.00. The molecule has 2 aromatic rings. The van der Waals surface area contributed by atoms with E-state index in [1.165, 1.54) is 38.9 Å². The first-order valence-corrected chi connectivity index (χ1v) is 12.3. The van der Waals surface area contributed by atoms with Crippen molar-refractivity contribution in [2.45, 2.75) is 31.7 Å². The molecule has 4 rings (SSSR count). The lowest BCUT2D eigenvalue weighted by Crippen LogP contribution is -2.44. The summed E-state index contributed by atoms with van der Waals surface area (Å²) in [5.41, 5.74) is 4.70. The fourth-order valence-corrected chi connectivity index (χ4v) is 5.67. The molecule has 1 heterocycles. The molecule has 0 bridgehead atoms. The zero-order chi connectivity index (χ0) is 23.4. The van der Waals surface area contributed by atoms with Gasteiger partial charge in [-0.3, -0.25) is 4.79 Å². The SMILES string of the molecule is CC(CCCNC(=O)OCC1c2ccccc2-c2ccccc21)C(=O)N1CSCC1C(=O)O. The monoisotopic (exact) mass is 468 g/mol. The Bertz CT molecular complexity index is 997. The van der Waals surface area contributed by atoms with Gasteiger partial charge in [0.05, 0.1) is 5.88 Å². The fourth-order valence-electron chi connectivity index (χ4n) is 4.52. The van der Waals surface area contributed by atoms with Crippen LogP contribution in [0.1, 0.15) is 36.8 Å². The molecule has 2 atom stereocenters. The maximum absolute atomic E-state index is 12.6. The molecule has 1 aliphatic carbocycles. The third-order valence-electron chi connectivity index (χ3n) is 6.30. The number of ether oxygens (including phenoxy) is 1. The van der Waals surface area contributed by atoms with Crippen LogP contribution in [0.4, 0.5) is 4.79 Å². The Balaban J connectivity index is 1.22. The minimum Gasteiger partial charge on any atom is -0.480 e. The molecule has 2 aliphatic rings. The number of carbonyl (C=O) groups excluding carboxylic acids is 2. The van der Waals surface area contributed by atoms with Crippen molar-refractivity contribution in [3.63, 3.8) is 0 Å². The highest BCUT2D eigenvalue weighted by molar-refractivity contribution is 7.99. The quantitative estimate of drug-likeness (QED) is 0.570. The zero-order valence-corrected chi connectivity index (χ0v) is 19.3. The third-order valence-corrected chi connectivity index (χ3v) is 7.31. The second-order valence-electron chi connectivity index (χ2n) is 8.46. The number of amides is 2. The molecule has 2 N–H and O–H groups in total. The normalized spacial score (nSPS) is 17.8. The van der Waals surface area contributed by atoms with Crippen molar-refractivity contribution in [3.8, 4) is 11.1 Å². The zero-order valence-electron chi connectivity index (χ0n) is 18.5. The molecule has 7 nitrogen and oxygen atoms in total. The minimum atomic E-state index is -0.961. The van der Waals surface area contributed by atoms with Gasteiger partial charge in [-0.2, -0.15) is 0 Å². The number of thioether (sulfide) groups is 1. The van der Waals surface area contributed by atoms with Crippen LogP contribution in [0, 0.1) is 5.92 Å². The van der Waals surface area contributed by atoms with Crippen LogP contribution in [0.15, 0.2) is 48.5 Å². The van der Waals surface area contributed by atoms with E-state index in [0.29, 0.717) is 31.0 Å². The number of hydrogen-bond donors (Lipinski definition) is 2. The molecule has 2 amide bonds. The lowest BCUT2D eigenvalue weighted by Gasteiger charge is -2.24. The Morgan fingerprint density at radius 1 is 1.12 bits per heavy atom. The van der Waals surface area contributed by atoms with Gasteiger partial charge in [0.1, 0.15) is 12.6 Å². The minimum absolute atomic E-state index is 0.0151. The van der Waals surface area contributed by atoms with E-state index < -0.39 is 18.1 Å². The lowest BCUT2D eigenvalue weighted by molar-refractivity contribution is -0.149. The summed E-state index contributed by atoms with van der Waals surface area (Å²) in [6, 6.07) is 15.6. The van der Waals surface area contributed by atoms with Crippen LogP contribution < -0.4 is 5.32 Å². The largest absolute Gasteiger partial charge is 0.480 e. The number of nitrogens with one attached hydrogen (secondary N) is 1. The van der Waals surface area contributed by atoms with Crippen LogP contribution in [0.5, 0.6) is 0 Å². The van der Waals surface area contributed by atoms with E-state index in [4.69, 9.17) is 4.74 Å². The van der Waals surface area contributed by atoms with E-state index >= 15 is 0 Å². The number of carboxylic acid groups (broad SMARTS) is 1. The highest BCUT2D eigenvalue weighted by Crippen LogP contribution is 2.44. The summed E-state index contributed by atoms with van der Waals surface area (Å²) in [4.78, 5) is 37.6. The lowest BCUT2D eigenvalue weighted by atomic mass is 9.98. The van der Waals surface area contributed by atoms with Gasteiger partial charge in [0.2, 0.25) is 5.91 Å². The Morgan fingerprint density at radius 3 is 2.39 bits per heavy atom. The van der Waals surface area contributed by atoms with E-state index in [1.54, 1.807) is 6.92 Å². The Labute approximate surface area is 197 Å². The van der Waals surface area contributed by atoms with Crippen molar-refractivity contribution in [2.75, 3.05) is 24.8 Å². The summed E-state index contributed by atoms with van der Waals surface area (Å²) in [5.74, 6) is -0.544. The van der Waals surface area contributed by atoms with Crippen LogP contribution >= 0.6 is 11.8 Å². The molecule has 2 aromatic carbocycles. The number of rotatable bonds is 8. The van der Waals surface area contributed by atoms with Gasteiger partial charge in [-0.1, -0.05) is 55.5 Å². The molecule has 33 heavy (non-hydrogen) atoms. The molecule has 1 fully saturated rings. The average molecular weight is 469 g/mol. The number of alkyl carbamates (subject to hydrolysis) is 1. The summed E-state index contributed by atoms with van der Waals surface area (Å²) in [5, 5.41) is 12.0. The first kappa shape index (κ1) is 23.2. The van der Waals surface area contributed by atoms with Crippen molar-refractivity contribution in [1.29, 1.82) is 0 Å². The molecule has 0 saturated carbocycles. The molecular weight excluding hydrogens is 440 g/mol. The molecule has 8 heteroatoms. The van der Waals surface area contributed by atoms with E-state index in [2.05, 4.69) is 29.6 Å². The standard InChI is InChI=1S/C25H28N2O5S/c1-16(23(28)27-15-33-14-22(27)24(29)30)7-6-12-26-25(31)32-13-21-19-10-4-2-8-17(19)18-9-3-5-11-20(18)21/h2-5,8-11,16,21-22H,6-7,12-15H2,1H3,(H,26,31)(H,29,30). The van der Waals surface area contributed by atoms with Crippen LogP contribution in [0.2, 0.25) is 0 Å². The number of carbonyl (C=O) groups is 3. The van der Waals surface area contributed by atoms with E-state index in [-0.39, 0.29) is 24.3 Å². The molecule has 2 unspecified atom stereocenters. The van der Waals surface area contributed by atoms with Crippen molar-refractivity contribution in [1.82, 2.24) is 10.2 Å². The highest BCUT2D eigenvalue weighted by Gasteiger charge is 2.36. The summed E-state index contributed by atoms with van der Waals surface area (Å²) in [6.45, 7) is 2.46. The number of benzene rings is 2. The predicted molar refractivity (Wildman–Crippen MR) is 127 cm³/mol. The molecular formula is C25H28N2O5S. The van der Waals surface area contributed by atoms with Gasteiger partial charge in [0.15, 0.2) is 0 Å². The number of aliphatic carboxylic acids is 1. The van der Waals surface area contributed by atoms with Crippen LogP contribution in [-0.4, -0.2) is 58.8 Å². The van der Waals surface area contributed by atoms with Gasteiger partial charge in [-0.15, -0.1) is 11.8 Å². The molecule has 0 aromatic heterocycles. The van der Waals surface area contributed by atoms with Crippen LogP contribution in [-0.2, 0) is 14.3 Å². The van der Waals surface area contributed by atoms with Gasteiger partial charge in [-0.05, 0) is 35.1 Å².